The highest BCUT2D eigenvalue weighted by Crippen LogP contribution is 2.24. The van der Waals surface area contributed by atoms with Crippen molar-refractivity contribution in [2.45, 2.75) is 57.3 Å². The molecule has 1 aromatic carbocycles. The molecule has 1 aliphatic heterocycles. The molecule has 2 aromatic heterocycles. The predicted molar refractivity (Wildman–Crippen MR) is 122 cm³/mol. The number of halogens is 1. The maximum atomic E-state index is 14.6. The van der Waals surface area contributed by atoms with Gasteiger partial charge in [-0.25, -0.2) is 24.3 Å². The van der Waals surface area contributed by atoms with Crippen molar-refractivity contribution in [3.63, 3.8) is 0 Å². The highest BCUT2D eigenvalue weighted by atomic mass is 19.1. The SMILES string of the molecule is COc1cnc2ccc(F)c(CNC3CCC(NCc4cnc5c(n4)CC(=O)CO5)CC3)c2n1. The second-order valence-electron chi connectivity index (χ2n) is 8.73. The lowest BCUT2D eigenvalue weighted by Gasteiger charge is -2.30. The molecule has 1 aliphatic carbocycles. The Kier molecular flexibility index (Phi) is 6.59. The molecule has 0 unspecified atom stereocenters. The van der Waals surface area contributed by atoms with Crippen LogP contribution in [0, 0.1) is 5.82 Å². The number of nitrogens with one attached hydrogen (secondary N) is 2. The Labute approximate surface area is 196 Å². The fourth-order valence-corrected chi connectivity index (χ4v) is 4.52. The number of benzene rings is 1. The standard InChI is InChI=1S/C24H27FN6O3/c1-33-22-12-28-20-7-6-19(25)18(23(20)31-22)11-27-15-4-2-14(3-5-15)26-9-16-10-29-24-21(30-16)8-17(32)13-34-24/h6-7,10,12,14-15,26-27H,2-5,8-9,11,13H2,1H3. The number of rotatable bonds is 7. The molecule has 0 bridgehead atoms. The second kappa shape index (κ2) is 9.94. The first-order chi connectivity index (χ1) is 16.6. The van der Waals surface area contributed by atoms with Crippen molar-refractivity contribution < 1.29 is 18.7 Å². The first kappa shape index (κ1) is 22.5. The van der Waals surface area contributed by atoms with Crippen LogP contribution in [0.15, 0.2) is 24.5 Å². The lowest BCUT2D eigenvalue weighted by atomic mass is 9.91. The topological polar surface area (TPSA) is 111 Å². The zero-order valence-corrected chi connectivity index (χ0v) is 19.0. The molecule has 2 N–H and O–H groups in total. The minimum atomic E-state index is -0.295. The third-order valence-corrected chi connectivity index (χ3v) is 6.41. The summed E-state index contributed by atoms with van der Waals surface area (Å²) in [5, 5.41) is 7.04. The van der Waals surface area contributed by atoms with Gasteiger partial charge in [-0.15, -0.1) is 0 Å². The van der Waals surface area contributed by atoms with E-state index in [0.29, 0.717) is 59.2 Å². The number of Topliss-reactive ketones (excluding diaryl/α,β-unsaturated/α-hetero) is 1. The number of ketones is 1. The first-order valence-corrected chi connectivity index (χ1v) is 11.5. The van der Waals surface area contributed by atoms with E-state index in [1.165, 1.54) is 19.4 Å². The van der Waals surface area contributed by atoms with Gasteiger partial charge in [-0.05, 0) is 37.8 Å². The van der Waals surface area contributed by atoms with Crippen LogP contribution < -0.4 is 20.1 Å². The summed E-state index contributed by atoms with van der Waals surface area (Å²) in [6.45, 7) is 1.06. The van der Waals surface area contributed by atoms with Crippen molar-refractivity contribution in [1.29, 1.82) is 0 Å². The summed E-state index contributed by atoms with van der Waals surface area (Å²) in [6, 6.07) is 3.75. The number of nitrogens with zero attached hydrogens (tertiary/aromatic N) is 4. The minimum absolute atomic E-state index is 0.0206. The zero-order chi connectivity index (χ0) is 23.5. The molecule has 0 atom stereocenters. The molecule has 3 aromatic rings. The molecular weight excluding hydrogens is 439 g/mol. The van der Waals surface area contributed by atoms with Gasteiger partial charge in [0, 0.05) is 30.7 Å². The van der Waals surface area contributed by atoms with Crippen molar-refractivity contribution in [2.75, 3.05) is 13.7 Å². The Morgan fingerprint density at radius 1 is 1.06 bits per heavy atom. The van der Waals surface area contributed by atoms with Gasteiger partial charge in [-0.1, -0.05) is 0 Å². The fraction of sp³-hybridized carbons (Fsp3) is 0.458. The van der Waals surface area contributed by atoms with Gasteiger partial charge in [-0.2, -0.15) is 0 Å². The molecule has 3 heterocycles. The molecular formula is C24H27FN6O3. The van der Waals surface area contributed by atoms with E-state index in [0.717, 1.165) is 31.4 Å². The number of carbonyl (C=O) groups is 1. The van der Waals surface area contributed by atoms with Crippen molar-refractivity contribution in [3.05, 3.63) is 47.3 Å². The molecule has 0 radical (unpaired) electrons. The molecule has 0 spiro atoms. The van der Waals surface area contributed by atoms with Crippen LogP contribution in [-0.4, -0.2) is 51.5 Å². The molecule has 0 amide bonds. The quantitative estimate of drug-likeness (QED) is 0.542. The second-order valence-corrected chi connectivity index (χ2v) is 8.73. The van der Waals surface area contributed by atoms with E-state index >= 15 is 0 Å². The number of fused-ring (bicyclic) bond motifs is 2. The zero-order valence-electron chi connectivity index (χ0n) is 19.0. The van der Waals surface area contributed by atoms with E-state index in [1.54, 1.807) is 12.3 Å². The van der Waals surface area contributed by atoms with Gasteiger partial charge in [0.2, 0.25) is 11.8 Å². The number of ether oxygens (including phenoxy) is 2. The molecule has 5 rings (SSSR count). The van der Waals surface area contributed by atoms with Crippen LogP contribution in [0.3, 0.4) is 0 Å². The Morgan fingerprint density at radius 2 is 1.82 bits per heavy atom. The predicted octanol–water partition coefficient (Wildman–Crippen LogP) is 2.26. The Balaban J connectivity index is 1.13. The maximum Gasteiger partial charge on any atom is 0.236 e. The number of hydrogen-bond acceptors (Lipinski definition) is 9. The van der Waals surface area contributed by atoms with E-state index in [9.17, 15) is 9.18 Å². The highest BCUT2D eigenvalue weighted by Gasteiger charge is 2.23. The molecule has 0 saturated heterocycles. The van der Waals surface area contributed by atoms with Crippen LogP contribution in [0.25, 0.3) is 11.0 Å². The normalized spacial score (nSPS) is 20.1. The van der Waals surface area contributed by atoms with Crippen molar-refractivity contribution in [2.24, 2.45) is 0 Å². The summed E-state index contributed by atoms with van der Waals surface area (Å²) in [4.78, 5) is 29.1. The third kappa shape index (κ3) is 4.97. The van der Waals surface area contributed by atoms with Gasteiger partial charge >= 0.3 is 0 Å². The summed E-state index contributed by atoms with van der Waals surface area (Å²) in [7, 11) is 1.52. The van der Waals surface area contributed by atoms with Crippen molar-refractivity contribution >= 4 is 16.8 Å². The van der Waals surface area contributed by atoms with E-state index in [-0.39, 0.29) is 24.6 Å². The van der Waals surface area contributed by atoms with Crippen LogP contribution >= 0.6 is 0 Å². The molecule has 2 aliphatic rings. The van der Waals surface area contributed by atoms with Crippen LogP contribution in [0.4, 0.5) is 4.39 Å². The van der Waals surface area contributed by atoms with Gasteiger partial charge < -0.3 is 20.1 Å². The lowest BCUT2D eigenvalue weighted by Crippen LogP contribution is -2.39. The Morgan fingerprint density at radius 3 is 2.59 bits per heavy atom. The lowest BCUT2D eigenvalue weighted by molar-refractivity contribution is -0.121. The maximum absolute atomic E-state index is 14.6. The average Bonchev–Trinajstić information content (AvgIpc) is 2.87. The van der Waals surface area contributed by atoms with E-state index < -0.39 is 0 Å². The van der Waals surface area contributed by atoms with Crippen LogP contribution in [-0.2, 0) is 24.3 Å². The van der Waals surface area contributed by atoms with Crippen LogP contribution in [0.5, 0.6) is 11.8 Å². The largest absolute Gasteiger partial charge is 0.480 e. The monoisotopic (exact) mass is 466 g/mol. The summed E-state index contributed by atoms with van der Waals surface area (Å²) in [6.07, 6.45) is 7.49. The number of hydrogen-bond donors (Lipinski definition) is 2. The Hall–Kier alpha value is -3.24. The minimum Gasteiger partial charge on any atom is -0.480 e. The van der Waals surface area contributed by atoms with Crippen molar-refractivity contribution in [3.8, 4) is 11.8 Å². The summed E-state index contributed by atoms with van der Waals surface area (Å²) >= 11 is 0. The van der Waals surface area contributed by atoms with Crippen molar-refractivity contribution in [1.82, 2.24) is 30.6 Å². The number of aromatic nitrogens is 4. The molecule has 178 valence electrons. The molecule has 1 fully saturated rings. The third-order valence-electron chi connectivity index (χ3n) is 6.41. The summed E-state index contributed by atoms with van der Waals surface area (Å²) in [5.41, 5.74) is 3.11. The average molecular weight is 467 g/mol. The van der Waals surface area contributed by atoms with Gasteiger partial charge in [0.05, 0.1) is 37.1 Å². The van der Waals surface area contributed by atoms with Gasteiger partial charge in [-0.3, -0.25) is 4.79 Å². The molecule has 10 heteroatoms. The van der Waals surface area contributed by atoms with Crippen LogP contribution in [0.1, 0.15) is 42.6 Å². The number of carbonyl (C=O) groups excluding carboxylic acids is 1. The van der Waals surface area contributed by atoms with Gasteiger partial charge in [0.1, 0.15) is 23.6 Å². The summed E-state index contributed by atoms with van der Waals surface area (Å²) in [5.74, 6) is 0.555. The van der Waals surface area contributed by atoms with E-state index in [4.69, 9.17) is 9.47 Å². The molecule has 34 heavy (non-hydrogen) atoms. The molecule has 1 saturated carbocycles. The molecule has 9 nitrogen and oxygen atoms in total. The smallest absolute Gasteiger partial charge is 0.236 e. The highest BCUT2D eigenvalue weighted by molar-refractivity contribution is 5.83. The first-order valence-electron chi connectivity index (χ1n) is 11.5. The van der Waals surface area contributed by atoms with Gasteiger partial charge in [0.15, 0.2) is 5.78 Å². The Bertz CT molecular complexity index is 1200. The van der Waals surface area contributed by atoms with E-state index in [2.05, 4.69) is 30.6 Å². The van der Waals surface area contributed by atoms with Crippen LogP contribution in [0.2, 0.25) is 0 Å². The number of methoxy groups -OCH3 is 1. The fourth-order valence-electron chi connectivity index (χ4n) is 4.52. The van der Waals surface area contributed by atoms with E-state index in [1.807, 2.05) is 0 Å². The van der Waals surface area contributed by atoms with Gasteiger partial charge in [0.25, 0.3) is 0 Å². The summed E-state index contributed by atoms with van der Waals surface area (Å²) < 4.78 is 25.0.